The van der Waals surface area contributed by atoms with Crippen LogP contribution >= 0.6 is 15.9 Å². The first-order valence-electron chi connectivity index (χ1n) is 6.60. The van der Waals surface area contributed by atoms with Crippen LogP contribution in [0.15, 0.2) is 40.9 Å². The lowest BCUT2D eigenvalue weighted by Crippen LogP contribution is -1.96. The van der Waals surface area contributed by atoms with E-state index < -0.39 is 0 Å². The summed E-state index contributed by atoms with van der Waals surface area (Å²) >= 11 is 3.47. The molecule has 0 spiro atoms. The number of halogens is 1. The Morgan fingerprint density at radius 1 is 1.10 bits per heavy atom. The molecule has 4 heteroatoms. The average Bonchev–Trinajstić information content (AvgIpc) is 2.48. The van der Waals surface area contributed by atoms with Crippen LogP contribution < -0.4 is 9.47 Å². The number of methoxy groups -OCH3 is 1. The first-order valence-corrected chi connectivity index (χ1v) is 7.40. The van der Waals surface area contributed by atoms with Gasteiger partial charge in [-0.25, -0.2) is 0 Å². The quantitative estimate of drug-likeness (QED) is 0.760. The van der Waals surface area contributed by atoms with Gasteiger partial charge in [-0.2, -0.15) is 5.26 Å². The summed E-state index contributed by atoms with van der Waals surface area (Å²) in [7, 11) is 1.59. The Bertz CT molecular complexity index is 690. The number of nitriles is 1. The SMILES string of the molecule is COc1ccc(C#N)c(Oc2ccc(Br)cc2C(C)C)c1. The fraction of sp³-hybridized carbons (Fsp3) is 0.235. The minimum absolute atomic E-state index is 0.314. The third-order valence-corrected chi connectivity index (χ3v) is 3.62. The van der Waals surface area contributed by atoms with Gasteiger partial charge in [-0.15, -0.1) is 0 Å². The molecule has 0 saturated carbocycles. The zero-order valence-electron chi connectivity index (χ0n) is 12.2. The molecule has 0 aliphatic heterocycles. The Morgan fingerprint density at radius 3 is 2.48 bits per heavy atom. The van der Waals surface area contributed by atoms with Crippen LogP contribution in [-0.4, -0.2) is 7.11 Å². The predicted molar refractivity (Wildman–Crippen MR) is 86.0 cm³/mol. The number of nitrogens with zero attached hydrogens (tertiary/aromatic N) is 1. The molecule has 21 heavy (non-hydrogen) atoms. The molecule has 0 amide bonds. The van der Waals surface area contributed by atoms with E-state index in [2.05, 4.69) is 35.8 Å². The molecule has 108 valence electrons. The molecule has 3 nitrogen and oxygen atoms in total. The van der Waals surface area contributed by atoms with E-state index in [0.717, 1.165) is 15.8 Å². The maximum atomic E-state index is 9.20. The molecule has 0 aliphatic rings. The van der Waals surface area contributed by atoms with E-state index in [-0.39, 0.29) is 0 Å². The molecule has 0 aromatic heterocycles. The highest BCUT2D eigenvalue weighted by atomic mass is 79.9. The van der Waals surface area contributed by atoms with Crippen molar-refractivity contribution >= 4 is 15.9 Å². The van der Waals surface area contributed by atoms with Crippen molar-refractivity contribution in [2.75, 3.05) is 7.11 Å². The summed E-state index contributed by atoms with van der Waals surface area (Å²) in [6.45, 7) is 4.21. The van der Waals surface area contributed by atoms with Crippen LogP contribution in [0.4, 0.5) is 0 Å². The lowest BCUT2D eigenvalue weighted by Gasteiger charge is -2.15. The Balaban J connectivity index is 2.45. The standard InChI is InChI=1S/C17H16BrNO2/c1-11(2)15-8-13(18)5-7-16(15)21-17-9-14(20-3)6-4-12(17)10-19/h4-9,11H,1-3H3. The third kappa shape index (κ3) is 3.56. The molecule has 0 heterocycles. The maximum absolute atomic E-state index is 9.20. The first-order chi connectivity index (χ1) is 10.0. The summed E-state index contributed by atoms with van der Waals surface area (Å²) in [5.41, 5.74) is 1.56. The average molecular weight is 346 g/mol. The van der Waals surface area contributed by atoms with Gasteiger partial charge < -0.3 is 9.47 Å². The molecule has 0 bridgehead atoms. The number of ether oxygens (including phenoxy) is 2. The van der Waals surface area contributed by atoms with E-state index in [0.29, 0.717) is 23.0 Å². The van der Waals surface area contributed by atoms with Crippen LogP contribution in [-0.2, 0) is 0 Å². The fourth-order valence-corrected chi connectivity index (χ4v) is 2.37. The van der Waals surface area contributed by atoms with Crippen LogP contribution in [0.25, 0.3) is 0 Å². The normalized spacial score (nSPS) is 10.3. The largest absolute Gasteiger partial charge is 0.497 e. The van der Waals surface area contributed by atoms with Crippen molar-refractivity contribution in [1.82, 2.24) is 0 Å². The van der Waals surface area contributed by atoms with Crippen molar-refractivity contribution in [2.24, 2.45) is 0 Å². The Kier molecular flexibility index (Phi) is 4.87. The van der Waals surface area contributed by atoms with Crippen molar-refractivity contribution in [3.8, 4) is 23.3 Å². The van der Waals surface area contributed by atoms with Crippen molar-refractivity contribution in [1.29, 1.82) is 5.26 Å². The Hall–Kier alpha value is -1.99. The summed E-state index contributed by atoms with van der Waals surface area (Å²) in [6.07, 6.45) is 0. The highest BCUT2D eigenvalue weighted by Crippen LogP contribution is 2.35. The number of rotatable bonds is 4. The molecule has 0 radical (unpaired) electrons. The second kappa shape index (κ2) is 6.64. The van der Waals surface area contributed by atoms with Crippen LogP contribution in [0.3, 0.4) is 0 Å². The lowest BCUT2D eigenvalue weighted by molar-refractivity contribution is 0.408. The minimum Gasteiger partial charge on any atom is -0.497 e. The molecule has 0 saturated heterocycles. The van der Waals surface area contributed by atoms with Gasteiger partial charge >= 0.3 is 0 Å². The first kappa shape index (κ1) is 15.4. The van der Waals surface area contributed by atoms with E-state index in [1.807, 2.05) is 18.2 Å². The maximum Gasteiger partial charge on any atom is 0.148 e. The van der Waals surface area contributed by atoms with E-state index in [1.165, 1.54) is 0 Å². The molecule has 2 rings (SSSR count). The van der Waals surface area contributed by atoms with Crippen LogP contribution in [0, 0.1) is 11.3 Å². The number of benzene rings is 2. The fourth-order valence-electron chi connectivity index (χ4n) is 1.99. The highest BCUT2D eigenvalue weighted by molar-refractivity contribution is 9.10. The lowest BCUT2D eigenvalue weighted by atomic mass is 10.0. The smallest absolute Gasteiger partial charge is 0.148 e. The number of hydrogen-bond donors (Lipinski definition) is 0. The van der Waals surface area contributed by atoms with Crippen LogP contribution in [0.2, 0.25) is 0 Å². The van der Waals surface area contributed by atoms with Crippen LogP contribution in [0.5, 0.6) is 17.2 Å². The monoisotopic (exact) mass is 345 g/mol. The molecule has 0 unspecified atom stereocenters. The molecule has 0 aliphatic carbocycles. The molecule has 0 fully saturated rings. The van der Waals surface area contributed by atoms with Gasteiger partial charge in [0.1, 0.15) is 23.3 Å². The van der Waals surface area contributed by atoms with Crippen LogP contribution in [0.1, 0.15) is 30.9 Å². The van der Waals surface area contributed by atoms with Crippen molar-refractivity contribution in [3.63, 3.8) is 0 Å². The van der Waals surface area contributed by atoms with Gasteiger partial charge in [0.25, 0.3) is 0 Å². The van der Waals surface area contributed by atoms with E-state index in [4.69, 9.17) is 9.47 Å². The van der Waals surface area contributed by atoms with E-state index in [9.17, 15) is 5.26 Å². The van der Waals surface area contributed by atoms with Gasteiger partial charge in [0.05, 0.1) is 12.7 Å². The molecule has 0 N–H and O–H groups in total. The van der Waals surface area contributed by atoms with Crippen molar-refractivity contribution in [3.05, 3.63) is 52.0 Å². The highest BCUT2D eigenvalue weighted by Gasteiger charge is 2.12. The predicted octanol–water partition coefficient (Wildman–Crippen LogP) is 5.25. The van der Waals surface area contributed by atoms with Crippen molar-refractivity contribution < 1.29 is 9.47 Å². The molecule has 2 aromatic carbocycles. The van der Waals surface area contributed by atoms with Gasteiger partial charge in [-0.3, -0.25) is 0 Å². The molecule has 0 atom stereocenters. The second-order valence-electron chi connectivity index (χ2n) is 4.91. The topological polar surface area (TPSA) is 42.2 Å². The Morgan fingerprint density at radius 2 is 1.86 bits per heavy atom. The zero-order valence-corrected chi connectivity index (χ0v) is 13.8. The summed E-state index contributed by atoms with van der Waals surface area (Å²) in [5.74, 6) is 2.22. The summed E-state index contributed by atoms with van der Waals surface area (Å²) in [4.78, 5) is 0. The zero-order chi connectivity index (χ0) is 15.4. The molecular weight excluding hydrogens is 330 g/mol. The molecule has 2 aromatic rings. The van der Waals surface area contributed by atoms with E-state index in [1.54, 1.807) is 25.3 Å². The van der Waals surface area contributed by atoms with E-state index >= 15 is 0 Å². The van der Waals surface area contributed by atoms with Gasteiger partial charge in [0.15, 0.2) is 0 Å². The van der Waals surface area contributed by atoms with Crippen molar-refractivity contribution in [2.45, 2.75) is 19.8 Å². The summed E-state index contributed by atoms with van der Waals surface area (Å²) in [6, 6.07) is 13.2. The molecular formula is C17H16BrNO2. The summed E-state index contributed by atoms with van der Waals surface area (Å²) in [5, 5.41) is 9.20. The second-order valence-corrected chi connectivity index (χ2v) is 5.83. The number of hydrogen-bond acceptors (Lipinski definition) is 3. The van der Waals surface area contributed by atoms with Gasteiger partial charge in [0.2, 0.25) is 0 Å². The van der Waals surface area contributed by atoms with Gasteiger partial charge in [-0.05, 0) is 41.8 Å². The van der Waals surface area contributed by atoms with Gasteiger partial charge in [-0.1, -0.05) is 29.8 Å². The van der Waals surface area contributed by atoms with Gasteiger partial charge in [0, 0.05) is 10.5 Å². The minimum atomic E-state index is 0.314. The Labute approximate surface area is 133 Å². The third-order valence-electron chi connectivity index (χ3n) is 3.12. The summed E-state index contributed by atoms with van der Waals surface area (Å²) < 4.78 is 12.2.